The molecule has 90 valence electrons. The molecule has 2 atom stereocenters. The van der Waals surface area contributed by atoms with E-state index < -0.39 is 0 Å². The number of nitrogens with two attached hydrogens (primary N) is 1. The molecule has 0 spiro atoms. The van der Waals surface area contributed by atoms with Gasteiger partial charge >= 0.3 is 0 Å². The molecule has 2 unspecified atom stereocenters. The minimum Gasteiger partial charge on any atom is -0.393 e. The van der Waals surface area contributed by atoms with Crippen molar-refractivity contribution in [3.8, 4) is 0 Å². The highest BCUT2D eigenvalue weighted by Crippen LogP contribution is 2.15. The molecule has 0 aliphatic carbocycles. The van der Waals surface area contributed by atoms with Gasteiger partial charge in [0.2, 0.25) is 0 Å². The number of benzene rings is 1. The highest BCUT2D eigenvalue weighted by molar-refractivity contribution is 5.14. The third kappa shape index (κ3) is 4.33. The van der Waals surface area contributed by atoms with Crippen molar-refractivity contribution in [3.63, 3.8) is 0 Å². The summed E-state index contributed by atoms with van der Waals surface area (Å²) in [5, 5.41) is 10.0. The first-order valence-electron chi connectivity index (χ1n) is 6.20. The zero-order valence-corrected chi connectivity index (χ0v) is 10.1. The molecule has 0 bridgehead atoms. The van der Waals surface area contributed by atoms with E-state index in [0.29, 0.717) is 6.54 Å². The van der Waals surface area contributed by atoms with Crippen molar-refractivity contribution < 1.29 is 5.11 Å². The Hall–Kier alpha value is -0.860. The third-order valence-corrected chi connectivity index (χ3v) is 3.08. The molecule has 0 saturated carbocycles. The van der Waals surface area contributed by atoms with Gasteiger partial charge in [0, 0.05) is 0 Å². The van der Waals surface area contributed by atoms with Crippen LogP contribution in [0.15, 0.2) is 30.3 Å². The van der Waals surface area contributed by atoms with E-state index >= 15 is 0 Å². The maximum Gasteiger partial charge on any atom is 0.0583 e. The first kappa shape index (κ1) is 13.2. The number of aryl methyl sites for hydroxylation is 1. The average molecular weight is 221 g/mol. The van der Waals surface area contributed by atoms with E-state index in [0.717, 1.165) is 25.7 Å². The Labute approximate surface area is 98.5 Å². The first-order valence-corrected chi connectivity index (χ1v) is 6.20. The lowest BCUT2D eigenvalue weighted by Crippen LogP contribution is -2.28. The standard InChI is InChI=1S/C14H23NO/c1-2-6-13(11-15)14(16)10-9-12-7-4-3-5-8-12/h3-5,7-8,13-14,16H,2,6,9-11,15H2,1H3. The molecule has 0 amide bonds. The lowest BCUT2D eigenvalue weighted by Gasteiger charge is -2.20. The van der Waals surface area contributed by atoms with Gasteiger partial charge in [-0.25, -0.2) is 0 Å². The summed E-state index contributed by atoms with van der Waals surface area (Å²) < 4.78 is 0. The second kappa shape index (κ2) is 7.42. The predicted molar refractivity (Wildman–Crippen MR) is 68.2 cm³/mol. The Morgan fingerprint density at radius 3 is 2.44 bits per heavy atom. The van der Waals surface area contributed by atoms with Crippen molar-refractivity contribution in [2.75, 3.05) is 6.54 Å². The number of rotatable bonds is 7. The SMILES string of the molecule is CCCC(CN)C(O)CCc1ccccc1. The van der Waals surface area contributed by atoms with Gasteiger partial charge in [-0.2, -0.15) is 0 Å². The molecule has 0 heterocycles. The summed E-state index contributed by atoms with van der Waals surface area (Å²) in [4.78, 5) is 0. The fourth-order valence-corrected chi connectivity index (χ4v) is 2.03. The monoisotopic (exact) mass is 221 g/mol. The number of aliphatic hydroxyl groups is 1. The molecule has 2 nitrogen and oxygen atoms in total. The summed E-state index contributed by atoms with van der Waals surface area (Å²) in [6.07, 6.45) is 3.59. The molecular formula is C14H23NO. The molecule has 1 aromatic carbocycles. The van der Waals surface area contributed by atoms with Gasteiger partial charge in [0.05, 0.1) is 6.10 Å². The Morgan fingerprint density at radius 2 is 1.88 bits per heavy atom. The van der Waals surface area contributed by atoms with Gasteiger partial charge in [-0.1, -0.05) is 43.7 Å². The fraction of sp³-hybridized carbons (Fsp3) is 0.571. The second-order valence-corrected chi connectivity index (χ2v) is 4.38. The molecule has 2 heteroatoms. The van der Waals surface area contributed by atoms with Crippen LogP contribution in [0.3, 0.4) is 0 Å². The zero-order valence-electron chi connectivity index (χ0n) is 10.1. The molecule has 16 heavy (non-hydrogen) atoms. The summed E-state index contributed by atoms with van der Waals surface area (Å²) in [6.45, 7) is 2.72. The van der Waals surface area contributed by atoms with Crippen LogP contribution in [-0.4, -0.2) is 17.8 Å². The molecule has 0 radical (unpaired) electrons. The third-order valence-electron chi connectivity index (χ3n) is 3.08. The van der Waals surface area contributed by atoms with E-state index in [-0.39, 0.29) is 12.0 Å². The van der Waals surface area contributed by atoms with Crippen LogP contribution in [0.5, 0.6) is 0 Å². The fourth-order valence-electron chi connectivity index (χ4n) is 2.03. The van der Waals surface area contributed by atoms with Crippen LogP contribution >= 0.6 is 0 Å². The average Bonchev–Trinajstić information content (AvgIpc) is 2.34. The van der Waals surface area contributed by atoms with Gasteiger partial charge in [0.25, 0.3) is 0 Å². The van der Waals surface area contributed by atoms with Crippen LogP contribution in [-0.2, 0) is 6.42 Å². The Morgan fingerprint density at radius 1 is 1.19 bits per heavy atom. The highest BCUT2D eigenvalue weighted by atomic mass is 16.3. The van der Waals surface area contributed by atoms with E-state index in [4.69, 9.17) is 5.73 Å². The van der Waals surface area contributed by atoms with E-state index in [1.807, 2.05) is 18.2 Å². The second-order valence-electron chi connectivity index (χ2n) is 4.38. The van der Waals surface area contributed by atoms with Crippen molar-refractivity contribution in [2.45, 2.75) is 38.7 Å². The summed E-state index contributed by atoms with van der Waals surface area (Å²) in [5.41, 5.74) is 6.95. The molecule has 1 rings (SSSR count). The minimum atomic E-state index is -0.259. The van der Waals surface area contributed by atoms with Crippen LogP contribution in [0.4, 0.5) is 0 Å². The smallest absolute Gasteiger partial charge is 0.0583 e. The summed E-state index contributed by atoms with van der Waals surface area (Å²) >= 11 is 0. The van der Waals surface area contributed by atoms with E-state index in [1.165, 1.54) is 5.56 Å². The van der Waals surface area contributed by atoms with Crippen molar-refractivity contribution in [3.05, 3.63) is 35.9 Å². The topological polar surface area (TPSA) is 46.2 Å². The van der Waals surface area contributed by atoms with E-state index in [9.17, 15) is 5.11 Å². The predicted octanol–water partition coefficient (Wildman–Crippen LogP) is 2.36. The van der Waals surface area contributed by atoms with Crippen LogP contribution < -0.4 is 5.73 Å². The van der Waals surface area contributed by atoms with Gasteiger partial charge < -0.3 is 10.8 Å². The molecule has 0 aliphatic rings. The maximum atomic E-state index is 10.0. The molecule has 0 aliphatic heterocycles. The molecule has 0 saturated heterocycles. The number of hydrogen-bond donors (Lipinski definition) is 2. The molecule has 1 aromatic rings. The van der Waals surface area contributed by atoms with Crippen molar-refractivity contribution in [1.29, 1.82) is 0 Å². The molecule has 3 N–H and O–H groups in total. The molecular weight excluding hydrogens is 198 g/mol. The first-order chi connectivity index (χ1) is 7.77. The van der Waals surface area contributed by atoms with Gasteiger partial charge in [-0.15, -0.1) is 0 Å². The normalized spacial score (nSPS) is 14.7. The van der Waals surface area contributed by atoms with E-state index in [2.05, 4.69) is 19.1 Å². The van der Waals surface area contributed by atoms with Crippen LogP contribution in [0.2, 0.25) is 0 Å². The quantitative estimate of drug-likeness (QED) is 0.742. The largest absolute Gasteiger partial charge is 0.393 e. The number of hydrogen-bond acceptors (Lipinski definition) is 2. The summed E-state index contributed by atoms with van der Waals surface area (Å²) in [7, 11) is 0. The van der Waals surface area contributed by atoms with Crippen molar-refractivity contribution >= 4 is 0 Å². The number of aliphatic hydroxyl groups excluding tert-OH is 1. The van der Waals surface area contributed by atoms with Gasteiger partial charge in [-0.3, -0.25) is 0 Å². The maximum absolute atomic E-state index is 10.0. The molecule has 0 aromatic heterocycles. The van der Waals surface area contributed by atoms with Crippen molar-refractivity contribution in [2.24, 2.45) is 11.7 Å². The highest BCUT2D eigenvalue weighted by Gasteiger charge is 2.16. The minimum absolute atomic E-state index is 0.258. The van der Waals surface area contributed by atoms with Crippen LogP contribution in [0, 0.1) is 5.92 Å². The lowest BCUT2D eigenvalue weighted by molar-refractivity contribution is 0.0977. The Kier molecular flexibility index (Phi) is 6.12. The Bertz CT molecular complexity index is 273. The van der Waals surface area contributed by atoms with Gasteiger partial charge in [-0.05, 0) is 37.3 Å². The van der Waals surface area contributed by atoms with Gasteiger partial charge in [0.15, 0.2) is 0 Å². The van der Waals surface area contributed by atoms with Gasteiger partial charge in [0.1, 0.15) is 0 Å². The molecule has 0 fully saturated rings. The van der Waals surface area contributed by atoms with Crippen LogP contribution in [0.25, 0.3) is 0 Å². The summed E-state index contributed by atoms with van der Waals surface area (Å²) in [6, 6.07) is 10.3. The summed E-state index contributed by atoms with van der Waals surface area (Å²) in [5.74, 6) is 0.258. The van der Waals surface area contributed by atoms with Crippen molar-refractivity contribution in [1.82, 2.24) is 0 Å². The van der Waals surface area contributed by atoms with E-state index in [1.54, 1.807) is 0 Å². The van der Waals surface area contributed by atoms with Crippen LogP contribution in [0.1, 0.15) is 31.7 Å². The zero-order chi connectivity index (χ0) is 11.8. The lowest BCUT2D eigenvalue weighted by atomic mass is 9.93. The Balaban J connectivity index is 2.36.